The van der Waals surface area contributed by atoms with Gasteiger partial charge in [0.1, 0.15) is 0 Å². The van der Waals surface area contributed by atoms with E-state index >= 15 is 0 Å². The highest BCUT2D eigenvalue weighted by Gasteiger charge is 1.55. The van der Waals surface area contributed by atoms with Crippen molar-refractivity contribution in [1.82, 2.24) is 0 Å². The Morgan fingerprint density at radius 3 is 1.40 bits per heavy atom. The largest absolute Gasteiger partial charge is 0.0903 e. The standard InChI is InChI=1S/C3H6S.CH4/c1-3(2)4;/h1-2H3;1H4. The van der Waals surface area contributed by atoms with E-state index in [0.717, 1.165) is 4.86 Å². The number of rotatable bonds is 0. The molecule has 0 aromatic rings. The minimum atomic E-state index is 0. The number of thiocarbonyl (C=S) groups is 1. The van der Waals surface area contributed by atoms with Crippen molar-refractivity contribution in [3.63, 3.8) is 0 Å². The molecule has 0 radical (unpaired) electrons. The Balaban J connectivity index is 0. The van der Waals surface area contributed by atoms with Crippen LogP contribution in [-0.2, 0) is 0 Å². The highest BCUT2D eigenvalue weighted by molar-refractivity contribution is 7.80. The van der Waals surface area contributed by atoms with Crippen molar-refractivity contribution in [1.29, 1.82) is 0 Å². The second kappa shape index (κ2) is 4.09. The Morgan fingerprint density at radius 2 is 1.40 bits per heavy atom. The average molecular weight is 90.2 g/mol. The minimum absolute atomic E-state index is 0. The summed E-state index contributed by atoms with van der Waals surface area (Å²) < 4.78 is 0. The highest BCUT2D eigenvalue weighted by Crippen LogP contribution is 1.61. The van der Waals surface area contributed by atoms with Gasteiger partial charge in [0.25, 0.3) is 0 Å². The fourth-order valence-electron chi connectivity index (χ4n) is 0. The summed E-state index contributed by atoms with van der Waals surface area (Å²) in [6.07, 6.45) is 0. The summed E-state index contributed by atoms with van der Waals surface area (Å²) in [6, 6.07) is 0. The van der Waals surface area contributed by atoms with Crippen LogP contribution in [0.5, 0.6) is 0 Å². The molecule has 0 nitrogen and oxygen atoms in total. The van der Waals surface area contributed by atoms with Gasteiger partial charge < -0.3 is 0 Å². The third-order valence-electron chi connectivity index (χ3n) is 0. The Kier molecular flexibility index (Phi) is 7.29. The van der Waals surface area contributed by atoms with Crippen LogP contribution in [0.4, 0.5) is 0 Å². The van der Waals surface area contributed by atoms with Crippen LogP contribution in [-0.4, -0.2) is 4.86 Å². The molecule has 0 saturated carbocycles. The molecular weight excluding hydrogens is 80.1 g/mol. The molecule has 0 aliphatic carbocycles. The fraction of sp³-hybridized carbons (Fsp3) is 0.750. The van der Waals surface area contributed by atoms with Gasteiger partial charge in [-0.3, -0.25) is 0 Å². The zero-order valence-electron chi connectivity index (χ0n) is 2.91. The molecule has 0 amide bonds. The first kappa shape index (κ1) is 8.92. The molecule has 0 unspecified atom stereocenters. The summed E-state index contributed by atoms with van der Waals surface area (Å²) in [5, 5.41) is 0. The van der Waals surface area contributed by atoms with Gasteiger partial charge in [-0.25, -0.2) is 0 Å². The smallest absolute Gasteiger partial charge is 0.0133 e. The molecule has 0 spiro atoms. The quantitative estimate of drug-likeness (QED) is 0.410. The van der Waals surface area contributed by atoms with Gasteiger partial charge in [-0.15, -0.1) is 0 Å². The lowest BCUT2D eigenvalue weighted by Crippen LogP contribution is -1.63. The zero-order valence-corrected chi connectivity index (χ0v) is 3.72. The van der Waals surface area contributed by atoms with Gasteiger partial charge in [0, 0.05) is 0 Å². The number of hydrogen-bond donors (Lipinski definition) is 0. The molecule has 0 aromatic carbocycles. The maximum atomic E-state index is 4.54. The van der Waals surface area contributed by atoms with Crippen molar-refractivity contribution in [3.8, 4) is 0 Å². The molecule has 1 heteroatoms. The second-order valence-electron chi connectivity index (χ2n) is 0.908. The van der Waals surface area contributed by atoms with E-state index < -0.39 is 0 Å². The third-order valence-corrected chi connectivity index (χ3v) is 0. The summed E-state index contributed by atoms with van der Waals surface area (Å²) in [7, 11) is 0. The zero-order chi connectivity index (χ0) is 3.58. The molecule has 0 fully saturated rings. The summed E-state index contributed by atoms with van der Waals surface area (Å²) in [5.41, 5.74) is 0. The van der Waals surface area contributed by atoms with E-state index in [0.29, 0.717) is 0 Å². The normalized spacial score (nSPS) is 5.20. The Hall–Kier alpha value is 0.0900. The van der Waals surface area contributed by atoms with E-state index in [9.17, 15) is 0 Å². The van der Waals surface area contributed by atoms with Gasteiger partial charge in [-0.2, -0.15) is 0 Å². The van der Waals surface area contributed by atoms with E-state index in [4.69, 9.17) is 0 Å². The predicted octanol–water partition coefficient (Wildman–Crippen LogP) is 2.03. The van der Waals surface area contributed by atoms with Crippen LogP contribution in [0.2, 0.25) is 0 Å². The highest BCUT2D eigenvalue weighted by atomic mass is 32.1. The molecule has 0 heterocycles. The average Bonchev–Trinajstić information content (AvgIpc) is 0.811. The second-order valence-corrected chi connectivity index (χ2v) is 1.72. The molecule has 32 valence electrons. The topological polar surface area (TPSA) is 0 Å². The first-order valence-electron chi connectivity index (χ1n) is 1.20. The monoisotopic (exact) mass is 90.1 g/mol. The maximum Gasteiger partial charge on any atom is -0.0133 e. The number of hydrogen-bond acceptors (Lipinski definition) is 1. The molecule has 0 rings (SSSR count). The van der Waals surface area contributed by atoms with E-state index in [-0.39, 0.29) is 7.43 Å². The van der Waals surface area contributed by atoms with Crippen molar-refractivity contribution in [2.24, 2.45) is 0 Å². The van der Waals surface area contributed by atoms with E-state index in [2.05, 4.69) is 12.2 Å². The van der Waals surface area contributed by atoms with Crippen LogP contribution in [0.3, 0.4) is 0 Å². The summed E-state index contributed by atoms with van der Waals surface area (Å²) in [4.78, 5) is 1.00. The lowest BCUT2D eigenvalue weighted by molar-refractivity contribution is 1.85. The van der Waals surface area contributed by atoms with Crippen molar-refractivity contribution in [2.45, 2.75) is 21.3 Å². The summed E-state index contributed by atoms with van der Waals surface area (Å²) >= 11 is 4.54. The predicted molar refractivity (Wildman–Crippen MR) is 30.7 cm³/mol. The van der Waals surface area contributed by atoms with Crippen LogP contribution in [0, 0.1) is 0 Å². The van der Waals surface area contributed by atoms with Crippen molar-refractivity contribution >= 4 is 17.1 Å². The Morgan fingerprint density at radius 1 is 1.40 bits per heavy atom. The van der Waals surface area contributed by atoms with Crippen LogP contribution < -0.4 is 0 Å². The van der Waals surface area contributed by atoms with Gasteiger partial charge in [0.05, 0.1) is 0 Å². The SMILES string of the molecule is C.CC(C)=S. The van der Waals surface area contributed by atoms with Gasteiger partial charge in [-0.1, -0.05) is 19.6 Å². The molecule has 0 bridgehead atoms. The third kappa shape index (κ3) is 2210. The molecular formula is C4H10S. The van der Waals surface area contributed by atoms with Crippen LogP contribution >= 0.6 is 12.2 Å². The Labute approximate surface area is 39.2 Å². The summed E-state index contributed by atoms with van der Waals surface area (Å²) in [5.74, 6) is 0. The molecule has 0 aliphatic heterocycles. The van der Waals surface area contributed by atoms with Gasteiger partial charge in [0.2, 0.25) is 0 Å². The lowest BCUT2D eigenvalue weighted by atomic mass is 10.6. The molecule has 0 N–H and O–H groups in total. The van der Waals surface area contributed by atoms with Crippen molar-refractivity contribution in [3.05, 3.63) is 0 Å². The first-order chi connectivity index (χ1) is 1.73. The van der Waals surface area contributed by atoms with E-state index in [1.54, 1.807) is 0 Å². The molecule has 0 atom stereocenters. The first-order valence-corrected chi connectivity index (χ1v) is 1.61. The molecule has 0 saturated heterocycles. The fourth-order valence-corrected chi connectivity index (χ4v) is 0. The lowest BCUT2D eigenvalue weighted by Gasteiger charge is -1.61. The van der Waals surface area contributed by atoms with Crippen LogP contribution in [0.25, 0.3) is 0 Å². The molecule has 0 aromatic heterocycles. The minimum Gasteiger partial charge on any atom is -0.0903 e. The van der Waals surface area contributed by atoms with Crippen molar-refractivity contribution < 1.29 is 0 Å². The van der Waals surface area contributed by atoms with Gasteiger partial charge >= 0.3 is 0 Å². The van der Waals surface area contributed by atoms with Crippen molar-refractivity contribution in [2.75, 3.05) is 0 Å². The Bertz CT molecular complexity index is 26.6. The summed E-state index contributed by atoms with van der Waals surface area (Å²) in [6.45, 7) is 3.80. The van der Waals surface area contributed by atoms with Gasteiger partial charge in [0.15, 0.2) is 0 Å². The van der Waals surface area contributed by atoms with Gasteiger partial charge in [-0.05, 0) is 18.7 Å². The van der Waals surface area contributed by atoms with Crippen LogP contribution in [0.15, 0.2) is 0 Å². The molecule has 5 heavy (non-hydrogen) atoms. The van der Waals surface area contributed by atoms with E-state index in [1.165, 1.54) is 0 Å². The van der Waals surface area contributed by atoms with Crippen LogP contribution in [0.1, 0.15) is 21.3 Å². The molecule has 0 aliphatic rings. The van der Waals surface area contributed by atoms with E-state index in [1.807, 2.05) is 13.8 Å². The maximum absolute atomic E-state index is 4.54.